The lowest BCUT2D eigenvalue weighted by Gasteiger charge is -2.43. The highest BCUT2D eigenvalue weighted by Gasteiger charge is 2.54. The number of likely N-dealkylation sites (N-methyl/N-ethyl adjacent to an activating group) is 1. The molecule has 1 spiro atoms. The van der Waals surface area contributed by atoms with Gasteiger partial charge in [-0.1, -0.05) is 48.5 Å². The first kappa shape index (κ1) is 22.9. The van der Waals surface area contributed by atoms with Crippen LogP contribution in [0.25, 0.3) is 10.8 Å². The maximum absolute atomic E-state index is 13.7. The van der Waals surface area contributed by atoms with Gasteiger partial charge in [-0.05, 0) is 54.8 Å². The summed E-state index contributed by atoms with van der Waals surface area (Å²) in [4.78, 5) is 44.9. The standard InChI is InChI=1S/C28H30N4O3/c1-2-29-25(33)19-31-20-32(24-10-4-3-5-11-24)28(27(31)35)14-16-30(17-15-28)26(34)23-13-12-21-8-6-7-9-22(21)18-23/h3-13,18H,2,14-17,19-20H2,1H3,(H,29,33). The second kappa shape index (κ2) is 9.41. The fraction of sp³-hybridized carbons (Fsp3) is 0.321. The first-order chi connectivity index (χ1) is 17.0. The summed E-state index contributed by atoms with van der Waals surface area (Å²) in [6.07, 6.45) is 1.04. The van der Waals surface area contributed by atoms with Crippen LogP contribution in [0.5, 0.6) is 0 Å². The Kier molecular flexibility index (Phi) is 6.16. The molecule has 2 saturated heterocycles. The number of nitrogens with zero attached hydrogens (tertiary/aromatic N) is 3. The average Bonchev–Trinajstić information content (AvgIpc) is 3.15. The number of piperidine rings is 1. The van der Waals surface area contributed by atoms with E-state index in [1.165, 1.54) is 0 Å². The molecule has 7 heteroatoms. The summed E-state index contributed by atoms with van der Waals surface area (Å²) in [5.41, 5.74) is 0.859. The molecule has 0 saturated carbocycles. The Hall–Kier alpha value is -3.87. The molecule has 2 aliphatic heterocycles. The van der Waals surface area contributed by atoms with Crippen LogP contribution in [0.4, 0.5) is 5.69 Å². The second-order valence-corrected chi connectivity index (χ2v) is 9.25. The van der Waals surface area contributed by atoms with Crippen LogP contribution < -0.4 is 10.2 Å². The van der Waals surface area contributed by atoms with Gasteiger partial charge in [0.05, 0.1) is 6.67 Å². The normalized spacial score (nSPS) is 17.3. The number of carbonyl (C=O) groups excluding carboxylic acids is 3. The van der Waals surface area contributed by atoms with Crippen molar-refractivity contribution in [2.75, 3.05) is 37.7 Å². The van der Waals surface area contributed by atoms with Gasteiger partial charge in [-0.15, -0.1) is 0 Å². The van der Waals surface area contributed by atoms with Crippen molar-refractivity contribution in [3.05, 3.63) is 78.4 Å². The number of rotatable bonds is 5. The first-order valence-corrected chi connectivity index (χ1v) is 12.2. The van der Waals surface area contributed by atoms with Crippen LogP contribution in [0.15, 0.2) is 72.8 Å². The third-order valence-electron chi connectivity index (χ3n) is 7.16. The zero-order chi connectivity index (χ0) is 24.4. The maximum atomic E-state index is 13.7. The Balaban J connectivity index is 1.37. The fourth-order valence-electron chi connectivity index (χ4n) is 5.33. The molecule has 180 valence electrons. The topological polar surface area (TPSA) is 73.0 Å². The van der Waals surface area contributed by atoms with E-state index in [2.05, 4.69) is 10.2 Å². The number of benzene rings is 3. The summed E-state index contributed by atoms with van der Waals surface area (Å²) in [5, 5.41) is 4.92. The lowest BCUT2D eigenvalue weighted by atomic mass is 9.85. The van der Waals surface area contributed by atoms with Crippen LogP contribution in [0.3, 0.4) is 0 Å². The van der Waals surface area contributed by atoms with Crippen LogP contribution in [0.1, 0.15) is 30.1 Å². The Morgan fingerprint density at radius 1 is 0.914 bits per heavy atom. The van der Waals surface area contributed by atoms with Gasteiger partial charge in [0.25, 0.3) is 11.8 Å². The molecule has 0 unspecified atom stereocenters. The minimum absolute atomic E-state index is 0.0125. The van der Waals surface area contributed by atoms with E-state index in [1.807, 2.05) is 84.6 Å². The number of hydrogen-bond donors (Lipinski definition) is 1. The van der Waals surface area contributed by atoms with Crippen molar-refractivity contribution in [2.45, 2.75) is 25.3 Å². The van der Waals surface area contributed by atoms with E-state index in [4.69, 9.17) is 0 Å². The molecule has 2 aliphatic rings. The van der Waals surface area contributed by atoms with Crippen LogP contribution >= 0.6 is 0 Å². The van der Waals surface area contributed by atoms with Crippen LogP contribution in [-0.4, -0.2) is 65.9 Å². The van der Waals surface area contributed by atoms with Gasteiger partial charge in [0, 0.05) is 30.9 Å². The van der Waals surface area contributed by atoms with E-state index in [0.717, 1.165) is 16.5 Å². The molecule has 0 bridgehead atoms. The Morgan fingerprint density at radius 2 is 1.60 bits per heavy atom. The van der Waals surface area contributed by atoms with Gasteiger partial charge in [-0.2, -0.15) is 0 Å². The average molecular weight is 471 g/mol. The number of carbonyl (C=O) groups is 3. The minimum Gasteiger partial charge on any atom is -0.355 e. The van der Waals surface area contributed by atoms with Gasteiger partial charge >= 0.3 is 0 Å². The first-order valence-electron chi connectivity index (χ1n) is 12.2. The molecule has 3 amide bonds. The molecule has 0 aliphatic carbocycles. The van der Waals surface area contributed by atoms with E-state index in [0.29, 0.717) is 44.7 Å². The van der Waals surface area contributed by atoms with Crippen LogP contribution in [-0.2, 0) is 9.59 Å². The highest BCUT2D eigenvalue weighted by molar-refractivity contribution is 6.00. The molecule has 5 rings (SSSR count). The summed E-state index contributed by atoms with van der Waals surface area (Å²) in [5.74, 6) is -0.207. The zero-order valence-corrected chi connectivity index (χ0v) is 19.9. The largest absolute Gasteiger partial charge is 0.355 e. The van der Waals surface area contributed by atoms with Crippen LogP contribution in [0.2, 0.25) is 0 Å². The van der Waals surface area contributed by atoms with Crippen molar-refractivity contribution >= 4 is 34.2 Å². The molecule has 1 N–H and O–H groups in total. The maximum Gasteiger partial charge on any atom is 0.253 e. The van der Waals surface area contributed by atoms with Gasteiger partial charge < -0.3 is 20.0 Å². The molecule has 0 radical (unpaired) electrons. The number of anilines is 1. The zero-order valence-electron chi connectivity index (χ0n) is 19.9. The SMILES string of the molecule is CCNC(=O)CN1CN(c2ccccc2)C2(CCN(C(=O)c3ccc4ccccc4c3)CC2)C1=O. The van der Waals surface area contributed by atoms with Crippen molar-refractivity contribution in [3.63, 3.8) is 0 Å². The summed E-state index contributed by atoms with van der Waals surface area (Å²) in [6, 6.07) is 23.6. The molecule has 0 atom stereocenters. The van der Waals surface area contributed by atoms with Gasteiger partial charge in [0.1, 0.15) is 12.1 Å². The smallest absolute Gasteiger partial charge is 0.253 e. The Morgan fingerprint density at radius 3 is 2.31 bits per heavy atom. The van der Waals surface area contributed by atoms with Gasteiger partial charge in [-0.25, -0.2) is 0 Å². The fourth-order valence-corrected chi connectivity index (χ4v) is 5.33. The number of likely N-dealkylation sites (tertiary alicyclic amines) is 1. The summed E-state index contributed by atoms with van der Waals surface area (Å²) >= 11 is 0. The molecule has 35 heavy (non-hydrogen) atoms. The Labute approximate surface area is 205 Å². The molecule has 3 aromatic rings. The van der Waals surface area contributed by atoms with Crippen molar-refractivity contribution in [2.24, 2.45) is 0 Å². The molecule has 3 aromatic carbocycles. The predicted octanol–water partition coefficient (Wildman–Crippen LogP) is 3.26. The van der Waals surface area contributed by atoms with Crippen molar-refractivity contribution < 1.29 is 14.4 Å². The molecular weight excluding hydrogens is 440 g/mol. The van der Waals surface area contributed by atoms with Gasteiger partial charge in [0.2, 0.25) is 5.91 Å². The van der Waals surface area contributed by atoms with Gasteiger partial charge in [-0.3, -0.25) is 14.4 Å². The molecule has 2 heterocycles. The van der Waals surface area contributed by atoms with E-state index >= 15 is 0 Å². The molecule has 7 nitrogen and oxygen atoms in total. The highest BCUT2D eigenvalue weighted by Crippen LogP contribution is 2.39. The predicted molar refractivity (Wildman–Crippen MR) is 136 cm³/mol. The van der Waals surface area contributed by atoms with Crippen molar-refractivity contribution in [3.8, 4) is 0 Å². The van der Waals surface area contributed by atoms with Crippen molar-refractivity contribution in [1.82, 2.24) is 15.1 Å². The number of fused-ring (bicyclic) bond motifs is 1. The summed E-state index contributed by atoms with van der Waals surface area (Å²) in [7, 11) is 0. The quantitative estimate of drug-likeness (QED) is 0.621. The number of hydrogen-bond acceptors (Lipinski definition) is 4. The molecular formula is C28H30N4O3. The van der Waals surface area contributed by atoms with Crippen molar-refractivity contribution in [1.29, 1.82) is 0 Å². The van der Waals surface area contributed by atoms with E-state index < -0.39 is 5.54 Å². The van der Waals surface area contributed by atoms with Crippen LogP contribution in [0, 0.1) is 0 Å². The van der Waals surface area contributed by atoms with Gasteiger partial charge in [0.15, 0.2) is 0 Å². The number of nitrogens with one attached hydrogen (secondary N) is 1. The lowest BCUT2D eigenvalue weighted by Crippen LogP contribution is -2.57. The number of para-hydroxylation sites is 1. The monoisotopic (exact) mass is 470 g/mol. The number of amides is 3. The third-order valence-corrected chi connectivity index (χ3v) is 7.16. The van der Waals surface area contributed by atoms with E-state index in [9.17, 15) is 14.4 Å². The second-order valence-electron chi connectivity index (χ2n) is 9.25. The van der Waals surface area contributed by atoms with E-state index in [-0.39, 0.29) is 24.3 Å². The Bertz CT molecular complexity index is 1250. The molecule has 2 fully saturated rings. The summed E-state index contributed by atoms with van der Waals surface area (Å²) < 4.78 is 0. The molecule has 0 aromatic heterocycles. The lowest BCUT2D eigenvalue weighted by molar-refractivity contribution is -0.137. The van der Waals surface area contributed by atoms with E-state index in [1.54, 1.807) is 4.90 Å². The minimum atomic E-state index is -0.756. The third kappa shape index (κ3) is 4.22. The highest BCUT2D eigenvalue weighted by atomic mass is 16.2. The summed E-state index contributed by atoms with van der Waals surface area (Å²) in [6.45, 7) is 3.76.